The van der Waals surface area contributed by atoms with E-state index in [1.165, 1.54) is 11.1 Å². The summed E-state index contributed by atoms with van der Waals surface area (Å²) >= 11 is 0. The molecule has 0 saturated heterocycles. The minimum absolute atomic E-state index is 0.271. The van der Waals surface area contributed by atoms with Crippen molar-refractivity contribution >= 4 is 5.82 Å². The third-order valence-corrected chi connectivity index (χ3v) is 4.02. The van der Waals surface area contributed by atoms with E-state index >= 15 is 0 Å². The zero-order valence-corrected chi connectivity index (χ0v) is 14.3. The van der Waals surface area contributed by atoms with Gasteiger partial charge in [-0.05, 0) is 23.6 Å². The van der Waals surface area contributed by atoms with E-state index < -0.39 is 0 Å². The van der Waals surface area contributed by atoms with Crippen LogP contribution in [0.25, 0.3) is 0 Å². The summed E-state index contributed by atoms with van der Waals surface area (Å²) in [5, 5.41) is 6.63. The summed E-state index contributed by atoms with van der Waals surface area (Å²) in [6.45, 7) is 11.8. The van der Waals surface area contributed by atoms with Gasteiger partial charge in [0.15, 0.2) is 0 Å². The highest BCUT2D eigenvalue weighted by Crippen LogP contribution is 2.24. The molecule has 2 rings (SSSR count). The first-order valence-electron chi connectivity index (χ1n) is 8.19. The van der Waals surface area contributed by atoms with Gasteiger partial charge in [-0.3, -0.25) is 0 Å². The highest BCUT2D eigenvalue weighted by atomic mass is 15.1. The molecule has 0 fully saturated rings. The highest BCUT2D eigenvalue weighted by Gasteiger charge is 2.13. The molecule has 1 heterocycles. The topological polar surface area (TPSA) is 63.0 Å². The third kappa shape index (κ3) is 5.16. The molecule has 2 aromatic rings. The number of nitrogen functional groups attached to an aromatic ring is 1. The van der Waals surface area contributed by atoms with Crippen molar-refractivity contribution in [1.82, 2.24) is 15.6 Å². The van der Waals surface area contributed by atoms with Crippen molar-refractivity contribution in [3.63, 3.8) is 0 Å². The van der Waals surface area contributed by atoms with Gasteiger partial charge in [-0.25, -0.2) is 4.98 Å². The summed E-state index contributed by atoms with van der Waals surface area (Å²) in [6.07, 6.45) is 2.72. The summed E-state index contributed by atoms with van der Waals surface area (Å²) in [5.41, 5.74) is 9.13. The van der Waals surface area contributed by atoms with Gasteiger partial charge in [0.25, 0.3) is 0 Å². The number of aromatic nitrogens is 1. The number of hydrogen-bond donors (Lipinski definition) is 3. The Morgan fingerprint density at radius 1 is 1.12 bits per heavy atom. The quantitative estimate of drug-likeness (QED) is 0.618. The fourth-order valence-corrected chi connectivity index (χ4v) is 2.47. The van der Waals surface area contributed by atoms with Crippen LogP contribution in [0.1, 0.15) is 30.4 Å². The van der Waals surface area contributed by atoms with Crippen molar-refractivity contribution in [2.24, 2.45) is 0 Å². The minimum atomic E-state index is 0.271. The second-order valence-corrected chi connectivity index (χ2v) is 5.78. The molecule has 0 saturated carbocycles. The van der Waals surface area contributed by atoms with Gasteiger partial charge in [-0.1, -0.05) is 62.1 Å². The van der Waals surface area contributed by atoms with E-state index in [9.17, 15) is 0 Å². The number of nitrogens with zero attached hydrogens (tertiary/aromatic N) is 1. The molecule has 0 amide bonds. The first-order valence-corrected chi connectivity index (χ1v) is 8.19. The molecule has 1 atom stereocenters. The van der Waals surface area contributed by atoms with Crippen molar-refractivity contribution in [2.45, 2.75) is 25.8 Å². The number of anilines is 1. The van der Waals surface area contributed by atoms with Crippen LogP contribution in [0.3, 0.4) is 0 Å². The van der Waals surface area contributed by atoms with Crippen LogP contribution in [0, 0.1) is 0 Å². The number of rotatable bonds is 9. The summed E-state index contributed by atoms with van der Waals surface area (Å²) in [5.74, 6) is 1.59. The molecule has 4 nitrogen and oxygen atoms in total. The van der Waals surface area contributed by atoms with Crippen LogP contribution in [0.2, 0.25) is 0 Å². The zero-order chi connectivity index (χ0) is 17.4. The van der Waals surface area contributed by atoms with Crippen molar-refractivity contribution in [3.05, 3.63) is 84.3 Å². The largest absolute Gasteiger partial charge is 0.384 e. The average Bonchev–Trinajstić information content (AvgIpc) is 2.62. The lowest BCUT2D eigenvalue weighted by Gasteiger charge is -2.22. The molecular formula is C20H26N4. The van der Waals surface area contributed by atoms with Crippen LogP contribution in [-0.2, 0) is 6.54 Å². The predicted octanol–water partition coefficient (Wildman–Crippen LogP) is 3.56. The van der Waals surface area contributed by atoms with E-state index in [4.69, 9.17) is 5.73 Å². The zero-order valence-electron chi connectivity index (χ0n) is 14.3. The summed E-state index contributed by atoms with van der Waals surface area (Å²) < 4.78 is 0. The Morgan fingerprint density at radius 2 is 1.88 bits per heavy atom. The molecule has 0 aliphatic rings. The maximum absolute atomic E-state index is 5.59. The number of benzene rings is 1. The standard InChI is InChI=1S/C20H26N4/c1-4-15(2)19(18-8-6-5-7-9-18)14-23-16(3)22-12-17-10-11-20(21)24-13-17/h5-11,13,19,22-23H,2-4,12,14H2,1H3,(H2,21,24). The van der Waals surface area contributed by atoms with E-state index in [1.807, 2.05) is 12.1 Å². The van der Waals surface area contributed by atoms with Gasteiger partial charge in [-0.2, -0.15) is 0 Å². The molecule has 24 heavy (non-hydrogen) atoms. The maximum atomic E-state index is 5.59. The van der Waals surface area contributed by atoms with Crippen molar-refractivity contribution in [3.8, 4) is 0 Å². The predicted molar refractivity (Wildman–Crippen MR) is 101 cm³/mol. The monoisotopic (exact) mass is 322 g/mol. The van der Waals surface area contributed by atoms with Crippen molar-refractivity contribution in [2.75, 3.05) is 12.3 Å². The molecule has 0 radical (unpaired) electrons. The Balaban J connectivity index is 1.88. The van der Waals surface area contributed by atoms with E-state index in [0.29, 0.717) is 12.4 Å². The Labute approximate surface area is 144 Å². The molecule has 0 aliphatic carbocycles. The number of nitrogens with one attached hydrogen (secondary N) is 2. The second kappa shape index (κ2) is 8.77. The van der Waals surface area contributed by atoms with E-state index in [1.54, 1.807) is 12.3 Å². The Hall–Kier alpha value is -2.75. The normalized spacial score (nSPS) is 11.5. The Bertz CT molecular complexity index is 662. The van der Waals surface area contributed by atoms with Gasteiger partial charge in [0.05, 0.1) is 5.82 Å². The van der Waals surface area contributed by atoms with E-state index in [2.05, 4.69) is 60.0 Å². The van der Waals surface area contributed by atoms with Crippen molar-refractivity contribution < 1.29 is 0 Å². The Morgan fingerprint density at radius 3 is 2.50 bits per heavy atom. The van der Waals surface area contributed by atoms with Crippen LogP contribution in [0.15, 0.2) is 73.2 Å². The smallest absolute Gasteiger partial charge is 0.123 e. The van der Waals surface area contributed by atoms with Gasteiger partial charge in [-0.15, -0.1) is 0 Å². The maximum Gasteiger partial charge on any atom is 0.123 e. The molecule has 0 spiro atoms. The lowest BCUT2D eigenvalue weighted by atomic mass is 9.90. The SMILES string of the molecule is C=C(NCc1ccc(N)nc1)NCC(C(=C)CC)c1ccccc1. The number of nitrogens with two attached hydrogens (primary N) is 1. The average molecular weight is 322 g/mol. The van der Waals surface area contributed by atoms with Crippen LogP contribution in [0.4, 0.5) is 5.82 Å². The fourth-order valence-electron chi connectivity index (χ4n) is 2.47. The van der Waals surface area contributed by atoms with Gasteiger partial charge in [0.2, 0.25) is 0 Å². The molecular weight excluding hydrogens is 296 g/mol. The van der Waals surface area contributed by atoms with E-state index in [-0.39, 0.29) is 5.92 Å². The lowest BCUT2D eigenvalue weighted by molar-refractivity contribution is 0.632. The fraction of sp³-hybridized carbons (Fsp3) is 0.250. The second-order valence-electron chi connectivity index (χ2n) is 5.78. The first-order chi connectivity index (χ1) is 11.6. The number of pyridine rings is 1. The van der Waals surface area contributed by atoms with E-state index in [0.717, 1.165) is 24.4 Å². The molecule has 0 aliphatic heterocycles. The molecule has 4 N–H and O–H groups in total. The van der Waals surface area contributed by atoms with Gasteiger partial charge in [0, 0.05) is 25.2 Å². The van der Waals surface area contributed by atoms with Crippen LogP contribution < -0.4 is 16.4 Å². The molecule has 1 aromatic carbocycles. The Kier molecular flexibility index (Phi) is 6.43. The van der Waals surface area contributed by atoms with Gasteiger partial charge in [0.1, 0.15) is 5.82 Å². The molecule has 126 valence electrons. The highest BCUT2D eigenvalue weighted by molar-refractivity contribution is 5.30. The summed E-state index contributed by atoms with van der Waals surface area (Å²) in [7, 11) is 0. The van der Waals surface area contributed by atoms with Gasteiger partial charge >= 0.3 is 0 Å². The minimum Gasteiger partial charge on any atom is -0.384 e. The molecule has 4 heteroatoms. The molecule has 0 bridgehead atoms. The third-order valence-electron chi connectivity index (χ3n) is 4.02. The summed E-state index contributed by atoms with van der Waals surface area (Å²) in [6, 6.07) is 14.2. The van der Waals surface area contributed by atoms with Crippen LogP contribution >= 0.6 is 0 Å². The van der Waals surface area contributed by atoms with Crippen molar-refractivity contribution in [1.29, 1.82) is 0 Å². The number of hydrogen-bond acceptors (Lipinski definition) is 4. The lowest BCUT2D eigenvalue weighted by Crippen LogP contribution is -2.29. The first kappa shape index (κ1) is 17.6. The van der Waals surface area contributed by atoms with Crippen LogP contribution in [0.5, 0.6) is 0 Å². The molecule has 1 unspecified atom stereocenters. The van der Waals surface area contributed by atoms with Crippen LogP contribution in [-0.4, -0.2) is 11.5 Å². The molecule has 1 aromatic heterocycles. The summed E-state index contributed by atoms with van der Waals surface area (Å²) in [4.78, 5) is 4.08. The van der Waals surface area contributed by atoms with Gasteiger partial charge < -0.3 is 16.4 Å².